The molecule has 1 amide bonds. The summed E-state index contributed by atoms with van der Waals surface area (Å²) in [7, 11) is 1.65. The molecule has 160 valence electrons. The second-order valence-corrected chi connectivity index (χ2v) is 9.37. The molecule has 0 bridgehead atoms. The van der Waals surface area contributed by atoms with E-state index < -0.39 is 6.10 Å². The highest BCUT2D eigenvalue weighted by Gasteiger charge is 2.50. The van der Waals surface area contributed by atoms with Crippen molar-refractivity contribution in [1.29, 1.82) is 0 Å². The summed E-state index contributed by atoms with van der Waals surface area (Å²) in [6.45, 7) is 3.00. The van der Waals surface area contributed by atoms with Crippen LogP contribution in [0.3, 0.4) is 0 Å². The maximum absolute atomic E-state index is 12.9. The minimum absolute atomic E-state index is 0.0287. The number of benzene rings is 1. The van der Waals surface area contributed by atoms with Gasteiger partial charge < -0.3 is 14.8 Å². The lowest BCUT2D eigenvalue weighted by Gasteiger charge is -2.47. The number of likely N-dealkylation sites (tertiary alicyclic amines) is 1. The predicted molar refractivity (Wildman–Crippen MR) is 115 cm³/mol. The Morgan fingerprint density at radius 3 is 2.59 bits per heavy atom. The molecule has 5 nitrogen and oxygen atoms in total. The van der Waals surface area contributed by atoms with Gasteiger partial charge in [-0.1, -0.05) is 29.3 Å². The van der Waals surface area contributed by atoms with Crippen LogP contribution in [-0.2, 0) is 9.53 Å². The van der Waals surface area contributed by atoms with Crippen LogP contribution in [0.1, 0.15) is 44.9 Å². The van der Waals surface area contributed by atoms with E-state index in [1.165, 1.54) is 12.8 Å². The monoisotopic (exact) mass is 440 g/mol. The fraction of sp³-hybridized carbons (Fsp3) is 0.682. The lowest BCUT2D eigenvalue weighted by molar-refractivity contribution is -0.136. The van der Waals surface area contributed by atoms with Crippen molar-refractivity contribution in [3.8, 4) is 5.75 Å². The SMILES string of the molecule is CNC(=O)C(Oc1c(Cl)cccc1Cl)[C@@H]1CC[C@@]2(CCCO2)C[C@@H]1N1CCCC1. The van der Waals surface area contributed by atoms with Crippen LogP contribution in [0.2, 0.25) is 10.0 Å². The number of likely N-dealkylation sites (N-methyl/N-ethyl adjacent to an activating group) is 1. The average Bonchev–Trinajstić information content (AvgIpc) is 3.40. The summed E-state index contributed by atoms with van der Waals surface area (Å²) in [5, 5.41) is 3.65. The number of rotatable bonds is 5. The van der Waals surface area contributed by atoms with Crippen LogP contribution in [0.15, 0.2) is 18.2 Å². The number of hydrogen-bond donors (Lipinski definition) is 1. The van der Waals surface area contributed by atoms with Crippen molar-refractivity contribution in [2.24, 2.45) is 5.92 Å². The first-order valence-electron chi connectivity index (χ1n) is 10.7. The van der Waals surface area contributed by atoms with Crippen molar-refractivity contribution in [1.82, 2.24) is 10.2 Å². The van der Waals surface area contributed by atoms with Gasteiger partial charge in [-0.3, -0.25) is 9.69 Å². The number of para-hydroxylation sites is 1. The summed E-state index contributed by atoms with van der Waals surface area (Å²) in [5.74, 6) is 0.329. The third-order valence-corrected chi connectivity index (χ3v) is 7.46. The van der Waals surface area contributed by atoms with E-state index in [4.69, 9.17) is 32.7 Å². The smallest absolute Gasteiger partial charge is 0.261 e. The van der Waals surface area contributed by atoms with Crippen LogP contribution in [0.4, 0.5) is 0 Å². The molecule has 0 radical (unpaired) electrons. The van der Waals surface area contributed by atoms with Crippen LogP contribution in [-0.4, -0.2) is 55.3 Å². The first kappa shape index (κ1) is 21.2. The molecule has 3 aliphatic rings. The average molecular weight is 441 g/mol. The van der Waals surface area contributed by atoms with Crippen LogP contribution < -0.4 is 10.1 Å². The number of nitrogens with one attached hydrogen (secondary N) is 1. The molecular formula is C22H30Cl2N2O3. The van der Waals surface area contributed by atoms with Gasteiger partial charge in [-0.25, -0.2) is 0 Å². The lowest BCUT2D eigenvalue weighted by atomic mass is 9.71. The van der Waals surface area contributed by atoms with Gasteiger partial charge in [-0.05, 0) is 70.2 Å². The highest BCUT2D eigenvalue weighted by atomic mass is 35.5. The normalized spacial score (nSPS) is 31.1. The van der Waals surface area contributed by atoms with E-state index in [0.29, 0.717) is 15.8 Å². The molecule has 1 saturated carbocycles. The Morgan fingerprint density at radius 1 is 1.24 bits per heavy atom. The van der Waals surface area contributed by atoms with Crippen molar-refractivity contribution in [3.05, 3.63) is 28.2 Å². The standard InChI is InChI=1S/C22H30Cl2N2O3/c1-25-21(27)19(29-20-16(23)6-4-7-17(20)24)15-8-10-22(9-5-13-28-22)14-18(15)26-11-2-3-12-26/h4,6-7,15,18-19H,2-3,5,8-14H2,1H3,(H,25,27)/t15-,18+,19?,22+/m1/s1. The number of carbonyl (C=O) groups is 1. The molecule has 2 aliphatic heterocycles. The van der Waals surface area contributed by atoms with E-state index in [9.17, 15) is 4.79 Å². The minimum atomic E-state index is -0.637. The second-order valence-electron chi connectivity index (χ2n) is 8.56. The van der Waals surface area contributed by atoms with E-state index >= 15 is 0 Å². The lowest BCUT2D eigenvalue weighted by Crippen LogP contribution is -2.56. The number of nitrogens with zero attached hydrogens (tertiary/aromatic N) is 1. The van der Waals surface area contributed by atoms with Crippen molar-refractivity contribution in [2.45, 2.75) is 62.7 Å². The first-order chi connectivity index (χ1) is 14.0. The van der Waals surface area contributed by atoms with Crippen molar-refractivity contribution in [3.63, 3.8) is 0 Å². The van der Waals surface area contributed by atoms with Crippen molar-refractivity contribution >= 4 is 29.1 Å². The topological polar surface area (TPSA) is 50.8 Å². The minimum Gasteiger partial charge on any atom is -0.477 e. The second kappa shape index (κ2) is 9.01. The molecule has 4 rings (SSSR count). The van der Waals surface area contributed by atoms with Gasteiger partial charge in [0.15, 0.2) is 11.9 Å². The highest BCUT2D eigenvalue weighted by Crippen LogP contribution is 2.46. The van der Waals surface area contributed by atoms with Gasteiger partial charge in [-0.15, -0.1) is 0 Å². The predicted octanol–water partition coefficient (Wildman–Crippen LogP) is 4.30. The van der Waals surface area contributed by atoms with Crippen LogP contribution in [0.25, 0.3) is 0 Å². The van der Waals surface area contributed by atoms with Gasteiger partial charge in [0.2, 0.25) is 0 Å². The fourth-order valence-corrected chi connectivity index (χ4v) is 5.88. The molecule has 4 atom stereocenters. The molecule has 3 fully saturated rings. The largest absolute Gasteiger partial charge is 0.477 e. The Kier molecular flexibility index (Phi) is 6.59. The van der Waals surface area contributed by atoms with E-state index in [1.54, 1.807) is 25.2 Å². The highest BCUT2D eigenvalue weighted by molar-refractivity contribution is 6.37. The van der Waals surface area contributed by atoms with Crippen LogP contribution in [0, 0.1) is 5.92 Å². The van der Waals surface area contributed by atoms with Gasteiger partial charge in [0.1, 0.15) is 0 Å². The summed E-state index contributed by atoms with van der Waals surface area (Å²) in [4.78, 5) is 15.5. The Hall–Kier alpha value is -1.01. The maximum Gasteiger partial charge on any atom is 0.261 e. The third-order valence-electron chi connectivity index (χ3n) is 6.86. The Bertz CT molecular complexity index is 713. The number of ether oxygens (including phenoxy) is 2. The zero-order valence-electron chi connectivity index (χ0n) is 17.0. The van der Waals surface area contributed by atoms with Crippen molar-refractivity contribution in [2.75, 3.05) is 26.7 Å². The van der Waals surface area contributed by atoms with Gasteiger partial charge in [0.25, 0.3) is 5.91 Å². The number of halogens is 2. The molecule has 1 N–H and O–H groups in total. The Labute approximate surface area is 183 Å². The first-order valence-corrected chi connectivity index (χ1v) is 11.5. The molecule has 29 heavy (non-hydrogen) atoms. The zero-order chi connectivity index (χ0) is 20.4. The quantitative estimate of drug-likeness (QED) is 0.741. The molecule has 2 saturated heterocycles. The van der Waals surface area contributed by atoms with Gasteiger partial charge in [-0.2, -0.15) is 0 Å². The summed E-state index contributed by atoms with van der Waals surface area (Å²) in [6, 6.07) is 5.52. The maximum atomic E-state index is 12.9. The van der Waals surface area contributed by atoms with E-state index in [0.717, 1.165) is 51.8 Å². The molecule has 1 aliphatic carbocycles. The van der Waals surface area contributed by atoms with Gasteiger partial charge in [0.05, 0.1) is 15.6 Å². The molecule has 7 heteroatoms. The molecule has 0 aromatic heterocycles. The van der Waals surface area contributed by atoms with E-state index in [-0.39, 0.29) is 23.5 Å². The summed E-state index contributed by atoms with van der Waals surface area (Å²) >= 11 is 12.7. The molecular weight excluding hydrogens is 411 g/mol. The van der Waals surface area contributed by atoms with Crippen LogP contribution in [0.5, 0.6) is 5.75 Å². The molecule has 1 aromatic rings. The Morgan fingerprint density at radius 2 is 1.97 bits per heavy atom. The molecule has 2 heterocycles. The summed E-state index contributed by atoms with van der Waals surface area (Å²) in [5.41, 5.74) is -0.0287. The molecule has 1 unspecified atom stereocenters. The Balaban J connectivity index is 1.63. The van der Waals surface area contributed by atoms with Gasteiger partial charge in [0, 0.05) is 25.6 Å². The van der Waals surface area contributed by atoms with E-state index in [2.05, 4.69) is 10.2 Å². The summed E-state index contributed by atoms with van der Waals surface area (Å²) < 4.78 is 12.5. The molecule has 1 aromatic carbocycles. The number of amides is 1. The zero-order valence-corrected chi connectivity index (χ0v) is 18.5. The number of hydrogen-bond acceptors (Lipinski definition) is 4. The summed E-state index contributed by atoms with van der Waals surface area (Å²) in [6.07, 6.45) is 6.84. The van der Waals surface area contributed by atoms with E-state index in [1.807, 2.05) is 0 Å². The molecule has 1 spiro atoms. The van der Waals surface area contributed by atoms with Crippen molar-refractivity contribution < 1.29 is 14.3 Å². The third kappa shape index (κ3) is 4.39. The number of carbonyl (C=O) groups excluding carboxylic acids is 1. The van der Waals surface area contributed by atoms with Crippen LogP contribution >= 0.6 is 23.2 Å². The fourth-order valence-electron chi connectivity index (χ4n) is 5.40. The van der Waals surface area contributed by atoms with Gasteiger partial charge >= 0.3 is 0 Å².